The average Bonchev–Trinajstić information content (AvgIpc) is 2.88. The number of benzene rings is 2. The molecule has 3 N–H and O–H groups in total. The molecule has 3 atom stereocenters. The first-order chi connectivity index (χ1) is 17.7. The van der Waals surface area contributed by atoms with Gasteiger partial charge in [-0.3, -0.25) is 9.59 Å². The average molecular weight is 661 g/mol. The number of carbonyl (C=O) groups is 2. The quantitative estimate of drug-likeness (QED) is 0.303. The van der Waals surface area contributed by atoms with Crippen molar-refractivity contribution in [2.24, 2.45) is 0 Å². The summed E-state index contributed by atoms with van der Waals surface area (Å²) >= 11 is 14.6. The number of ether oxygens (including phenoxy) is 1. The van der Waals surface area contributed by atoms with Crippen LogP contribution in [0.2, 0.25) is 10.0 Å². The molecule has 0 radical (unpaired) electrons. The van der Waals surface area contributed by atoms with Gasteiger partial charge in [0.25, 0.3) is 0 Å². The first kappa shape index (κ1) is 29.7. The normalized spacial score (nSPS) is 19.2. The van der Waals surface area contributed by atoms with Crippen molar-refractivity contribution in [3.8, 4) is 5.75 Å². The van der Waals surface area contributed by atoms with Gasteiger partial charge < -0.3 is 25.2 Å². The minimum atomic E-state index is -1.11. The first-order valence-electron chi connectivity index (χ1n) is 12.2. The third kappa shape index (κ3) is 8.07. The molecule has 0 heterocycles. The SMILES string of the molecule is CCCCC(=O)N(Cc1ccc(Cl)cc1Cl)[C@@H]1CC(C(=O)NCCO)=C[C@H](Oc2ccccc2I)[C@H]1O. The summed E-state index contributed by atoms with van der Waals surface area (Å²) in [6.45, 7) is 2.02. The maximum atomic E-state index is 13.4. The zero-order chi connectivity index (χ0) is 26.9. The molecule has 7 nitrogen and oxygen atoms in total. The van der Waals surface area contributed by atoms with Crippen LogP contribution in [0.3, 0.4) is 0 Å². The Morgan fingerprint density at radius 1 is 1.22 bits per heavy atom. The van der Waals surface area contributed by atoms with Gasteiger partial charge in [0.2, 0.25) is 11.8 Å². The fraction of sp³-hybridized carbons (Fsp3) is 0.407. The summed E-state index contributed by atoms with van der Waals surface area (Å²) in [4.78, 5) is 28.0. The smallest absolute Gasteiger partial charge is 0.247 e. The predicted molar refractivity (Wildman–Crippen MR) is 153 cm³/mol. The van der Waals surface area contributed by atoms with Crippen molar-refractivity contribution in [1.82, 2.24) is 10.2 Å². The molecule has 0 aliphatic heterocycles. The summed E-state index contributed by atoms with van der Waals surface area (Å²) < 4.78 is 7.01. The second-order valence-electron chi connectivity index (χ2n) is 8.81. The third-order valence-electron chi connectivity index (χ3n) is 6.13. The molecular formula is C27H31Cl2IN2O5. The Balaban J connectivity index is 1.99. The van der Waals surface area contributed by atoms with Crippen molar-refractivity contribution in [3.05, 3.63) is 73.3 Å². The van der Waals surface area contributed by atoms with Crippen LogP contribution in [-0.4, -0.2) is 58.3 Å². The molecule has 2 aromatic rings. The molecule has 0 unspecified atom stereocenters. The van der Waals surface area contributed by atoms with Gasteiger partial charge >= 0.3 is 0 Å². The van der Waals surface area contributed by atoms with Gasteiger partial charge in [0.15, 0.2) is 0 Å². The molecule has 2 aromatic carbocycles. The summed E-state index contributed by atoms with van der Waals surface area (Å²) in [5, 5.41) is 24.2. The molecule has 0 bridgehead atoms. The topological polar surface area (TPSA) is 99.1 Å². The van der Waals surface area contributed by atoms with Crippen LogP contribution in [0.5, 0.6) is 5.75 Å². The van der Waals surface area contributed by atoms with E-state index in [1.165, 1.54) is 0 Å². The Hall–Kier alpha value is -1.85. The maximum Gasteiger partial charge on any atom is 0.247 e. The molecule has 2 amide bonds. The van der Waals surface area contributed by atoms with Gasteiger partial charge in [0, 0.05) is 41.5 Å². The Morgan fingerprint density at radius 2 is 1.97 bits per heavy atom. The fourth-order valence-corrected chi connectivity index (χ4v) is 5.14. The maximum absolute atomic E-state index is 13.4. The predicted octanol–water partition coefficient (Wildman–Crippen LogP) is 4.73. The van der Waals surface area contributed by atoms with E-state index >= 15 is 0 Å². The second-order valence-corrected chi connectivity index (χ2v) is 10.8. The van der Waals surface area contributed by atoms with Gasteiger partial charge in [0.05, 0.1) is 16.2 Å². The second kappa shape index (κ2) is 14.3. The minimum absolute atomic E-state index is 0.0883. The number of nitrogens with one attached hydrogen (secondary N) is 1. The molecule has 0 aromatic heterocycles. The molecule has 200 valence electrons. The van der Waals surface area contributed by atoms with Crippen molar-refractivity contribution < 1.29 is 24.5 Å². The van der Waals surface area contributed by atoms with Crippen LogP contribution in [0, 0.1) is 3.57 Å². The van der Waals surface area contributed by atoms with Crippen molar-refractivity contribution in [2.45, 2.75) is 57.4 Å². The van der Waals surface area contributed by atoms with Crippen molar-refractivity contribution in [3.63, 3.8) is 0 Å². The lowest BCUT2D eigenvalue weighted by atomic mass is 9.87. The number of para-hydroxylation sites is 1. The first-order valence-corrected chi connectivity index (χ1v) is 14.0. The van der Waals surface area contributed by atoms with Gasteiger partial charge in [-0.2, -0.15) is 0 Å². The Kier molecular flexibility index (Phi) is 11.5. The molecule has 0 spiro atoms. The van der Waals surface area contributed by atoms with Crippen LogP contribution >= 0.6 is 45.8 Å². The lowest BCUT2D eigenvalue weighted by molar-refractivity contribution is -0.139. The van der Waals surface area contributed by atoms with E-state index < -0.39 is 18.2 Å². The van der Waals surface area contributed by atoms with E-state index in [-0.39, 0.29) is 37.9 Å². The standard InChI is InChI=1S/C27H31Cl2IN2O5/c1-2-3-8-25(34)32(16-17-9-10-19(28)15-20(17)29)22-13-18(27(36)31-11-12-33)14-24(26(22)35)37-23-7-5-4-6-21(23)30/h4-7,9-10,14-15,22,24,26,33,35H,2-3,8,11-13,16H2,1H3,(H,31,36)/t22-,24+,26+/m1/s1. The number of unbranched alkanes of at least 4 members (excludes halogenated alkanes) is 1. The summed E-state index contributed by atoms with van der Waals surface area (Å²) in [6.07, 6.45) is 1.54. The van der Waals surface area contributed by atoms with Crippen LogP contribution in [-0.2, 0) is 16.1 Å². The molecule has 3 rings (SSSR count). The zero-order valence-electron chi connectivity index (χ0n) is 20.5. The van der Waals surface area contributed by atoms with Crippen LogP contribution in [0.1, 0.15) is 38.2 Å². The van der Waals surface area contributed by atoms with E-state index in [0.29, 0.717) is 39.8 Å². The van der Waals surface area contributed by atoms with Crippen molar-refractivity contribution >= 4 is 57.6 Å². The number of hydrogen-bond acceptors (Lipinski definition) is 5. The highest BCUT2D eigenvalue weighted by atomic mass is 127. The van der Waals surface area contributed by atoms with E-state index in [1.54, 1.807) is 35.2 Å². The molecule has 10 heteroatoms. The molecule has 0 saturated carbocycles. The molecule has 0 saturated heterocycles. The van der Waals surface area contributed by atoms with Gasteiger partial charge in [-0.15, -0.1) is 0 Å². The summed E-state index contributed by atoms with van der Waals surface area (Å²) in [6, 6.07) is 11.7. The Morgan fingerprint density at radius 3 is 2.65 bits per heavy atom. The van der Waals surface area contributed by atoms with Crippen LogP contribution in [0.15, 0.2) is 54.1 Å². The van der Waals surface area contributed by atoms with E-state index in [9.17, 15) is 14.7 Å². The number of amides is 2. The highest BCUT2D eigenvalue weighted by Gasteiger charge is 2.40. The minimum Gasteiger partial charge on any atom is -0.482 e. The highest BCUT2D eigenvalue weighted by molar-refractivity contribution is 14.1. The number of halogens is 3. The van der Waals surface area contributed by atoms with Crippen LogP contribution < -0.4 is 10.1 Å². The Bertz CT molecular complexity index is 1130. The molecule has 0 fully saturated rings. The number of hydrogen-bond donors (Lipinski definition) is 3. The zero-order valence-corrected chi connectivity index (χ0v) is 24.2. The highest BCUT2D eigenvalue weighted by Crippen LogP contribution is 2.32. The lowest BCUT2D eigenvalue weighted by Crippen LogP contribution is -2.54. The molecule has 1 aliphatic carbocycles. The molecular weight excluding hydrogens is 630 g/mol. The van der Waals surface area contributed by atoms with Crippen LogP contribution in [0.4, 0.5) is 0 Å². The van der Waals surface area contributed by atoms with Crippen molar-refractivity contribution in [1.29, 1.82) is 0 Å². The van der Waals surface area contributed by atoms with Crippen molar-refractivity contribution in [2.75, 3.05) is 13.2 Å². The number of rotatable bonds is 11. The van der Waals surface area contributed by atoms with E-state index in [1.807, 2.05) is 25.1 Å². The number of aliphatic hydroxyl groups excluding tert-OH is 2. The van der Waals surface area contributed by atoms with Gasteiger partial charge in [-0.25, -0.2) is 0 Å². The summed E-state index contributed by atoms with van der Waals surface area (Å²) in [5.41, 5.74) is 1.05. The molecule has 1 aliphatic rings. The van der Waals surface area contributed by atoms with E-state index in [0.717, 1.165) is 9.99 Å². The number of aliphatic hydroxyl groups is 2. The largest absolute Gasteiger partial charge is 0.482 e. The van der Waals surface area contributed by atoms with E-state index in [2.05, 4.69) is 27.9 Å². The summed E-state index contributed by atoms with van der Waals surface area (Å²) in [7, 11) is 0. The lowest BCUT2D eigenvalue weighted by Gasteiger charge is -2.41. The monoisotopic (exact) mass is 660 g/mol. The van der Waals surface area contributed by atoms with Gasteiger partial charge in [-0.05, 0) is 64.9 Å². The molecule has 37 heavy (non-hydrogen) atoms. The Labute approximate surface area is 240 Å². The number of nitrogens with zero attached hydrogens (tertiary/aromatic N) is 1. The fourth-order valence-electron chi connectivity index (χ4n) is 4.16. The van der Waals surface area contributed by atoms with Gasteiger partial charge in [0.1, 0.15) is 18.0 Å². The third-order valence-corrected chi connectivity index (χ3v) is 7.61. The van der Waals surface area contributed by atoms with Crippen LogP contribution in [0.25, 0.3) is 0 Å². The number of carbonyl (C=O) groups excluding carboxylic acids is 2. The van der Waals surface area contributed by atoms with Gasteiger partial charge in [-0.1, -0.05) is 54.7 Å². The van der Waals surface area contributed by atoms with E-state index in [4.69, 9.17) is 33.0 Å². The summed E-state index contributed by atoms with van der Waals surface area (Å²) in [5.74, 6) is 0.0264.